The first kappa shape index (κ1) is 10.8. The van der Waals surface area contributed by atoms with Crippen molar-refractivity contribution in [1.82, 2.24) is 19.7 Å². The van der Waals surface area contributed by atoms with Gasteiger partial charge in [0.1, 0.15) is 11.6 Å². The second-order valence-electron chi connectivity index (χ2n) is 4.36. The third-order valence-electron chi connectivity index (χ3n) is 3.19. The van der Waals surface area contributed by atoms with Crippen molar-refractivity contribution in [2.75, 3.05) is 5.73 Å². The maximum atomic E-state index is 5.95. The molecule has 0 saturated carbocycles. The summed E-state index contributed by atoms with van der Waals surface area (Å²) >= 11 is 0. The number of hydrogen-bond donors (Lipinski definition) is 2. The second-order valence-corrected chi connectivity index (χ2v) is 4.36. The molecule has 18 heavy (non-hydrogen) atoms. The van der Waals surface area contributed by atoms with Crippen molar-refractivity contribution >= 4 is 16.9 Å². The number of hydrogen-bond acceptors (Lipinski definition) is 3. The van der Waals surface area contributed by atoms with Crippen LogP contribution in [0.3, 0.4) is 0 Å². The fourth-order valence-electron chi connectivity index (χ4n) is 2.03. The van der Waals surface area contributed by atoms with Gasteiger partial charge in [-0.1, -0.05) is 13.0 Å². The summed E-state index contributed by atoms with van der Waals surface area (Å²) in [5, 5.41) is 4.13. The second kappa shape index (κ2) is 3.87. The number of aryl methyl sites for hydroxylation is 2. The lowest BCUT2D eigenvalue weighted by molar-refractivity contribution is 0.779. The number of nitrogen functional groups attached to an aromatic ring is 1. The Bertz CT molecular complexity index is 707. The summed E-state index contributed by atoms with van der Waals surface area (Å²) in [7, 11) is 1.82. The molecule has 2 aromatic heterocycles. The number of aromatic amines is 1. The van der Waals surface area contributed by atoms with E-state index in [1.165, 1.54) is 5.56 Å². The molecule has 5 heteroatoms. The number of anilines is 1. The van der Waals surface area contributed by atoms with Crippen LogP contribution in [0.25, 0.3) is 22.4 Å². The number of benzene rings is 1. The van der Waals surface area contributed by atoms with Gasteiger partial charge in [0.2, 0.25) is 0 Å². The molecule has 0 amide bonds. The molecule has 1 aromatic carbocycles. The van der Waals surface area contributed by atoms with Crippen molar-refractivity contribution < 1.29 is 0 Å². The summed E-state index contributed by atoms with van der Waals surface area (Å²) in [6, 6.07) is 6.25. The van der Waals surface area contributed by atoms with E-state index in [9.17, 15) is 0 Å². The summed E-state index contributed by atoms with van der Waals surface area (Å²) in [6.45, 7) is 2.14. The number of H-pyrrole nitrogens is 1. The van der Waals surface area contributed by atoms with Crippen molar-refractivity contribution in [3.05, 3.63) is 30.0 Å². The Morgan fingerprint density at radius 3 is 2.89 bits per heavy atom. The SMILES string of the molecule is CCc1ccc2nc(-c3cnn(C)c3N)[nH]c2c1. The van der Waals surface area contributed by atoms with Crippen molar-refractivity contribution in [3.63, 3.8) is 0 Å². The zero-order valence-electron chi connectivity index (χ0n) is 10.4. The Kier molecular flexibility index (Phi) is 2.33. The molecule has 92 valence electrons. The Morgan fingerprint density at radius 2 is 2.22 bits per heavy atom. The first-order chi connectivity index (χ1) is 8.69. The topological polar surface area (TPSA) is 72.5 Å². The maximum Gasteiger partial charge on any atom is 0.143 e. The highest BCUT2D eigenvalue weighted by molar-refractivity contribution is 5.82. The van der Waals surface area contributed by atoms with Gasteiger partial charge in [0.15, 0.2) is 0 Å². The fourth-order valence-corrected chi connectivity index (χ4v) is 2.03. The van der Waals surface area contributed by atoms with Gasteiger partial charge in [-0.15, -0.1) is 0 Å². The molecule has 0 atom stereocenters. The van der Waals surface area contributed by atoms with E-state index in [4.69, 9.17) is 5.73 Å². The molecule has 0 aliphatic rings. The van der Waals surface area contributed by atoms with E-state index >= 15 is 0 Å². The molecule has 0 spiro atoms. The molecule has 3 aromatic rings. The first-order valence-electron chi connectivity index (χ1n) is 5.95. The van der Waals surface area contributed by atoms with Crippen LogP contribution in [0, 0.1) is 0 Å². The van der Waals surface area contributed by atoms with Crippen molar-refractivity contribution in [2.24, 2.45) is 7.05 Å². The van der Waals surface area contributed by atoms with Crippen molar-refractivity contribution in [3.8, 4) is 11.4 Å². The van der Waals surface area contributed by atoms with Gasteiger partial charge in [-0.05, 0) is 24.1 Å². The number of nitrogens with one attached hydrogen (secondary N) is 1. The lowest BCUT2D eigenvalue weighted by atomic mass is 10.1. The number of imidazole rings is 1. The van der Waals surface area contributed by atoms with Crippen LogP contribution < -0.4 is 5.73 Å². The third-order valence-corrected chi connectivity index (χ3v) is 3.19. The van der Waals surface area contributed by atoms with Gasteiger partial charge in [-0.3, -0.25) is 4.68 Å². The monoisotopic (exact) mass is 241 g/mol. The van der Waals surface area contributed by atoms with Crippen LogP contribution in [0.15, 0.2) is 24.4 Å². The molecule has 0 aliphatic heterocycles. The van der Waals surface area contributed by atoms with E-state index in [1.54, 1.807) is 10.9 Å². The molecule has 0 bridgehead atoms. The predicted octanol–water partition coefficient (Wildman–Crippen LogP) is 2.11. The van der Waals surface area contributed by atoms with E-state index in [1.807, 2.05) is 13.1 Å². The lowest BCUT2D eigenvalue weighted by Gasteiger charge is -1.95. The Labute approximate surface area is 105 Å². The summed E-state index contributed by atoms with van der Waals surface area (Å²) in [4.78, 5) is 7.84. The van der Waals surface area contributed by atoms with E-state index in [-0.39, 0.29) is 0 Å². The standard InChI is InChI=1S/C13H15N5/c1-3-8-4-5-10-11(6-8)17-13(16-10)9-7-15-18(2)12(9)14/h4-7H,3,14H2,1-2H3,(H,16,17). The zero-order chi connectivity index (χ0) is 12.7. The largest absolute Gasteiger partial charge is 0.383 e. The minimum Gasteiger partial charge on any atom is -0.383 e. The number of rotatable bonds is 2. The highest BCUT2D eigenvalue weighted by Crippen LogP contribution is 2.25. The fraction of sp³-hybridized carbons (Fsp3) is 0.231. The third kappa shape index (κ3) is 1.55. The average Bonchev–Trinajstić information content (AvgIpc) is 2.93. The quantitative estimate of drug-likeness (QED) is 0.721. The molecule has 5 nitrogen and oxygen atoms in total. The maximum absolute atomic E-state index is 5.95. The van der Waals surface area contributed by atoms with Crippen molar-refractivity contribution in [2.45, 2.75) is 13.3 Å². The summed E-state index contributed by atoms with van der Waals surface area (Å²) in [5.74, 6) is 1.38. The predicted molar refractivity (Wildman–Crippen MR) is 72.1 cm³/mol. The molecule has 2 heterocycles. The Hall–Kier alpha value is -2.30. The van der Waals surface area contributed by atoms with Crippen LogP contribution >= 0.6 is 0 Å². The highest BCUT2D eigenvalue weighted by Gasteiger charge is 2.11. The molecular weight excluding hydrogens is 226 g/mol. The van der Waals surface area contributed by atoms with Crippen LogP contribution in [-0.4, -0.2) is 19.7 Å². The van der Waals surface area contributed by atoms with Gasteiger partial charge in [-0.2, -0.15) is 5.10 Å². The zero-order valence-corrected chi connectivity index (χ0v) is 10.4. The van der Waals surface area contributed by atoms with Gasteiger partial charge in [0, 0.05) is 7.05 Å². The van der Waals surface area contributed by atoms with Gasteiger partial charge in [-0.25, -0.2) is 4.98 Å². The van der Waals surface area contributed by atoms with Crippen molar-refractivity contribution in [1.29, 1.82) is 0 Å². The molecule has 0 unspecified atom stereocenters. The van der Waals surface area contributed by atoms with E-state index in [0.29, 0.717) is 5.82 Å². The first-order valence-corrected chi connectivity index (χ1v) is 5.95. The minimum atomic E-state index is 0.616. The van der Waals surface area contributed by atoms with Gasteiger partial charge in [0.05, 0.1) is 22.8 Å². The Balaban J connectivity index is 2.16. The smallest absolute Gasteiger partial charge is 0.143 e. The molecule has 0 radical (unpaired) electrons. The van der Waals surface area contributed by atoms with Gasteiger partial charge >= 0.3 is 0 Å². The average molecular weight is 241 g/mol. The number of nitrogens with two attached hydrogens (primary N) is 1. The normalized spacial score (nSPS) is 11.2. The van der Waals surface area contributed by atoms with Crippen LogP contribution in [-0.2, 0) is 13.5 Å². The Morgan fingerprint density at radius 1 is 1.39 bits per heavy atom. The van der Waals surface area contributed by atoms with E-state index in [0.717, 1.165) is 28.8 Å². The molecule has 3 N–H and O–H groups in total. The van der Waals surface area contributed by atoms with Crippen LogP contribution in [0.2, 0.25) is 0 Å². The minimum absolute atomic E-state index is 0.616. The summed E-state index contributed by atoms with van der Waals surface area (Å²) < 4.78 is 1.64. The molecule has 0 saturated heterocycles. The number of nitrogens with zero attached hydrogens (tertiary/aromatic N) is 3. The van der Waals surface area contributed by atoms with Gasteiger partial charge in [0.25, 0.3) is 0 Å². The molecular formula is C13H15N5. The van der Waals surface area contributed by atoms with Crippen LogP contribution in [0.4, 0.5) is 5.82 Å². The molecule has 0 aliphatic carbocycles. The molecule has 3 rings (SSSR count). The molecule has 0 fully saturated rings. The summed E-state index contributed by atoms with van der Waals surface area (Å²) in [6.07, 6.45) is 2.74. The van der Waals surface area contributed by atoms with Crippen LogP contribution in [0.1, 0.15) is 12.5 Å². The number of aromatic nitrogens is 4. The van der Waals surface area contributed by atoms with Gasteiger partial charge < -0.3 is 10.7 Å². The number of fused-ring (bicyclic) bond motifs is 1. The highest BCUT2D eigenvalue weighted by atomic mass is 15.3. The lowest BCUT2D eigenvalue weighted by Crippen LogP contribution is -1.98. The van der Waals surface area contributed by atoms with E-state index in [2.05, 4.69) is 34.1 Å². The van der Waals surface area contributed by atoms with Crippen LogP contribution in [0.5, 0.6) is 0 Å². The summed E-state index contributed by atoms with van der Waals surface area (Å²) in [5.41, 5.74) is 10.1. The van der Waals surface area contributed by atoms with E-state index < -0.39 is 0 Å².